The molecule has 2 aromatic carbocycles. The maximum atomic E-state index is 6.27. The molecule has 0 aliphatic carbocycles. The van der Waals surface area contributed by atoms with Crippen molar-refractivity contribution < 1.29 is 0 Å². The number of anilines is 1. The quantitative estimate of drug-likeness (QED) is 0.919. The molecule has 100 valence electrons. The van der Waals surface area contributed by atoms with Crippen molar-refractivity contribution >= 4 is 17.3 Å². The number of halogens is 1. The summed E-state index contributed by atoms with van der Waals surface area (Å²) in [7, 11) is 2.05. The Morgan fingerprint density at radius 2 is 1.74 bits per heavy atom. The molecule has 2 nitrogen and oxygen atoms in total. The molecule has 2 rings (SSSR count). The number of nitrogens with two attached hydrogens (primary N) is 1. The zero-order valence-corrected chi connectivity index (χ0v) is 12.1. The van der Waals surface area contributed by atoms with E-state index in [1.54, 1.807) is 0 Å². The highest BCUT2D eigenvalue weighted by Gasteiger charge is 2.18. The molecule has 1 unspecified atom stereocenters. The average molecular weight is 275 g/mol. The van der Waals surface area contributed by atoms with Crippen LogP contribution in [0.15, 0.2) is 48.5 Å². The molecule has 0 aliphatic heterocycles. The van der Waals surface area contributed by atoms with Gasteiger partial charge in [0.15, 0.2) is 0 Å². The first-order valence-corrected chi connectivity index (χ1v) is 6.75. The molecule has 3 heteroatoms. The molecule has 0 bridgehead atoms. The van der Waals surface area contributed by atoms with Gasteiger partial charge in [-0.1, -0.05) is 47.5 Å². The van der Waals surface area contributed by atoms with Gasteiger partial charge in [0.25, 0.3) is 0 Å². The van der Waals surface area contributed by atoms with Crippen molar-refractivity contribution in [2.75, 3.05) is 18.5 Å². The molecular weight excluding hydrogens is 256 g/mol. The van der Waals surface area contributed by atoms with Crippen molar-refractivity contribution in [1.82, 2.24) is 0 Å². The Labute approximate surface area is 119 Å². The summed E-state index contributed by atoms with van der Waals surface area (Å²) in [6.07, 6.45) is 0. The topological polar surface area (TPSA) is 29.3 Å². The molecule has 0 heterocycles. The van der Waals surface area contributed by atoms with Crippen LogP contribution in [0.1, 0.15) is 17.2 Å². The van der Waals surface area contributed by atoms with E-state index in [2.05, 4.69) is 36.1 Å². The highest BCUT2D eigenvalue weighted by molar-refractivity contribution is 6.31. The van der Waals surface area contributed by atoms with Crippen LogP contribution in [-0.2, 0) is 0 Å². The third-order valence-electron chi connectivity index (χ3n) is 3.40. The van der Waals surface area contributed by atoms with Crippen molar-refractivity contribution in [3.05, 3.63) is 64.7 Å². The summed E-state index contributed by atoms with van der Waals surface area (Å²) in [5.74, 6) is 0. The first-order chi connectivity index (χ1) is 9.13. The van der Waals surface area contributed by atoms with Crippen LogP contribution in [0.5, 0.6) is 0 Å². The van der Waals surface area contributed by atoms with Gasteiger partial charge in [-0.15, -0.1) is 0 Å². The highest BCUT2D eigenvalue weighted by atomic mass is 35.5. The molecule has 0 saturated carbocycles. The molecule has 0 aromatic heterocycles. The zero-order chi connectivity index (χ0) is 13.8. The van der Waals surface area contributed by atoms with E-state index in [9.17, 15) is 0 Å². The minimum absolute atomic E-state index is 0.0800. The van der Waals surface area contributed by atoms with Crippen LogP contribution in [0.4, 0.5) is 5.69 Å². The van der Waals surface area contributed by atoms with Gasteiger partial charge in [0.1, 0.15) is 0 Å². The second-order valence-corrected chi connectivity index (χ2v) is 5.13. The van der Waals surface area contributed by atoms with Crippen LogP contribution in [0.25, 0.3) is 0 Å². The SMILES string of the molecule is Cc1ccc(N(C)C(CN)c2ccccc2Cl)cc1. The molecule has 0 amide bonds. The Bertz CT molecular complexity index is 537. The molecule has 0 fully saturated rings. The second kappa shape index (κ2) is 6.09. The Kier molecular flexibility index (Phi) is 4.46. The Hall–Kier alpha value is -1.51. The van der Waals surface area contributed by atoms with Crippen molar-refractivity contribution in [2.24, 2.45) is 5.73 Å². The lowest BCUT2D eigenvalue weighted by atomic mass is 10.0. The summed E-state index contributed by atoms with van der Waals surface area (Å²) >= 11 is 6.27. The normalized spacial score (nSPS) is 12.2. The Morgan fingerprint density at radius 1 is 1.11 bits per heavy atom. The minimum Gasteiger partial charge on any atom is -0.366 e. The summed E-state index contributed by atoms with van der Waals surface area (Å²) in [5, 5.41) is 0.761. The van der Waals surface area contributed by atoms with E-state index >= 15 is 0 Å². The second-order valence-electron chi connectivity index (χ2n) is 4.72. The van der Waals surface area contributed by atoms with E-state index in [0.717, 1.165) is 16.3 Å². The van der Waals surface area contributed by atoms with Crippen LogP contribution in [0, 0.1) is 6.92 Å². The molecule has 0 aliphatic rings. The number of likely N-dealkylation sites (N-methyl/N-ethyl adjacent to an activating group) is 1. The minimum atomic E-state index is 0.0800. The van der Waals surface area contributed by atoms with Gasteiger partial charge >= 0.3 is 0 Å². The Morgan fingerprint density at radius 3 is 2.32 bits per heavy atom. The molecule has 1 atom stereocenters. The number of benzene rings is 2. The highest BCUT2D eigenvalue weighted by Crippen LogP contribution is 2.29. The first kappa shape index (κ1) is 13.9. The van der Waals surface area contributed by atoms with Crippen LogP contribution in [-0.4, -0.2) is 13.6 Å². The largest absolute Gasteiger partial charge is 0.366 e. The molecular formula is C16H19ClN2. The number of hydrogen-bond acceptors (Lipinski definition) is 2. The van der Waals surface area contributed by atoms with Crippen molar-refractivity contribution in [2.45, 2.75) is 13.0 Å². The van der Waals surface area contributed by atoms with Gasteiger partial charge in [-0.2, -0.15) is 0 Å². The summed E-state index contributed by atoms with van der Waals surface area (Å²) in [5.41, 5.74) is 9.40. The maximum Gasteiger partial charge on any atom is 0.0676 e. The van der Waals surface area contributed by atoms with Crippen LogP contribution in [0.3, 0.4) is 0 Å². The van der Waals surface area contributed by atoms with Crippen LogP contribution >= 0.6 is 11.6 Å². The van der Waals surface area contributed by atoms with Gasteiger partial charge in [0, 0.05) is 24.3 Å². The molecule has 2 N–H and O–H groups in total. The summed E-state index contributed by atoms with van der Waals surface area (Å²) in [6.45, 7) is 2.60. The smallest absolute Gasteiger partial charge is 0.0676 e. The Balaban J connectivity index is 2.32. The van der Waals surface area contributed by atoms with E-state index in [1.807, 2.05) is 31.3 Å². The standard InChI is InChI=1S/C16H19ClN2/c1-12-7-9-13(10-8-12)19(2)16(11-18)14-5-3-4-6-15(14)17/h3-10,16H,11,18H2,1-2H3. The van der Waals surface area contributed by atoms with Crippen LogP contribution < -0.4 is 10.6 Å². The predicted octanol–water partition coefficient (Wildman–Crippen LogP) is 3.78. The fourth-order valence-corrected chi connectivity index (χ4v) is 2.46. The zero-order valence-electron chi connectivity index (χ0n) is 11.3. The van der Waals surface area contributed by atoms with Crippen molar-refractivity contribution in [3.8, 4) is 0 Å². The van der Waals surface area contributed by atoms with Crippen molar-refractivity contribution in [3.63, 3.8) is 0 Å². The molecule has 19 heavy (non-hydrogen) atoms. The molecule has 2 aromatic rings. The van der Waals surface area contributed by atoms with E-state index in [-0.39, 0.29) is 6.04 Å². The van der Waals surface area contributed by atoms with Gasteiger partial charge in [0.2, 0.25) is 0 Å². The monoisotopic (exact) mass is 274 g/mol. The maximum absolute atomic E-state index is 6.27. The van der Waals surface area contributed by atoms with Crippen molar-refractivity contribution in [1.29, 1.82) is 0 Å². The lowest BCUT2D eigenvalue weighted by Crippen LogP contribution is -2.30. The number of nitrogens with zero attached hydrogens (tertiary/aromatic N) is 1. The third kappa shape index (κ3) is 3.09. The summed E-state index contributed by atoms with van der Waals surface area (Å²) in [6, 6.07) is 16.4. The molecule has 0 spiro atoms. The summed E-state index contributed by atoms with van der Waals surface area (Å²) in [4.78, 5) is 2.17. The van der Waals surface area contributed by atoms with Gasteiger partial charge in [-0.3, -0.25) is 0 Å². The lowest BCUT2D eigenvalue weighted by molar-refractivity contribution is 0.681. The third-order valence-corrected chi connectivity index (χ3v) is 3.74. The fraction of sp³-hybridized carbons (Fsp3) is 0.250. The number of hydrogen-bond donors (Lipinski definition) is 1. The van der Waals surface area contributed by atoms with E-state index < -0.39 is 0 Å². The first-order valence-electron chi connectivity index (χ1n) is 6.37. The van der Waals surface area contributed by atoms with E-state index in [0.29, 0.717) is 6.54 Å². The van der Waals surface area contributed by atoms with Gasteiger partial charge in [0.05, 0.1) is 6.04 Å². The fourth-order valence-electron chi connectivity index (χ4n) is 2.20. The van der Waals surface area contributed by atoms with E-state index in [4.69, 9.17) is 17.3 Å². The molecule has 0 saturated heterocycles. The van der Waals surface area contributed by atoms with Gasteiger partial charge in [-0.05, 0) is 30.7 Å². The lowest BCUT2D eigenvalue weighted by Gasteiger charge is -2.30. The average Bonchev–Trinajstić information content (AvgIpc) is 2.42. The summed E-state index contributed by atoms with van der Waals surface area (Å²) < 4.78 is 0. The van der Waals surface area contributed by atoms with E-state index in [1.165, 1.54) is 5.56 Å². The number of aryl methyl sites for hydroxylation is 1. The van der Waals surface area contributed by atoms with Gasteiger partial charge in [-0.25, -0.2) is 0 Å². The predicted molar refractivity (Wildman–Crippen MR) is 82.8 cm³/mol. The van der Waals surface area contributed by atoms with Gasteiger partial charge < -0.3 is 10.6 Å². The van der Waals surface area contributed by atoms with Crippen LogP contribution in [0.2, 0.25) is 5.02 Å². The molecule has 0 radical (unpaired) electrons. The number of rotatable bonds is 4.